The summed E-state index contributed by atoms with van der Waals surface area (Å²) in [5.74, 6) is -0.301. The van der Waals surface area contributed by atoms with Gasteiger partial charge in [0.25, 0.3) is 5.91 Å². The lowest BCUT2D eigenvalue weighted by Gasteiger charge is -2.41. The zero-order chi connectivity index (χ0) is 14.9. The van der Waals surface area contributed by atoms with Crippen LogP contribution in [0.1, 0.15) is 26.7 Å². The van der Waals surface area contributed by atoms with E-state index >= 15 is 0 Å². The van der Waals surface area contributed by atoms with E-state index in [1.54, 1.807) is 18.2 Å². The highest BCUT2D eigenvalue weighted by Gasteiger charge is 2.44. The maximum absolute atomic E-state index is 12.7. The van der Waals surface area contributed by atoms with Crippen molar-refractivity contribution in [1.29, 1.82) is 0 Å². The SMILES string of the molecule is CCC1(CC)NC(=O)CN(c2cc(Cl)cc(Cl)c2)C1=O. The van der Waals surface area contributed by atoms with Crippen molar-refractivity contribution >= 4 is 40.7 Å². The molecule has 1 N–H and O–H groups in total. The maximum atomic E-state index is 12.7. The molecule has 0 saturated carbocycles. The smallest absolute Gasteiger partial charge is 0.253 e. The monoisotopic (exact) mass is 314 g/mol. The number of anilines is 1. The molecule has 1 saturated heterocycles. The maximum Gasteiger partial charge on any atom is 0.253 e. The van der Waals surface area contributed by atoms with Crippen molar-refractivity contribution in [1.82, 2.24) is 5.32 Å². The predicted molar refractivity (Wildman–Crippen MR) is 80.3 cm³/mol. The fourth-order valence-corrected chi connectivity index (χ4v) is 2.98. The van der Waals surface area contributed by atoms with Crippen LogP contribution in [0.4, 0.5) is 5.69 Å². The van der Waals surface area contributed by atoms with Crippen molar-refractivity contribution in [2.45, 2.75) is 32.2 Å². The number of benzene rings is 1. The van der Waals surface area contributed by atoms with E-state index in [1.165, 1.54) is 4.90 Å². The lowest BCUT2D eigenvalue weighted by molar-refractivity contribution is -0.136. The van der Waals surface area contributed by atoms with Gasteiger partial charge in [-0.05, 0) is 31.0 Å². The number of hydrogen-bond acceptors (Lipinski definition) is 2. The standard InChI is InChI=1S/C14H16Cl2N2O2/c1-3-14(4-2)13(20)18(8-12(19)17-14)11-6-9(15)5-10(16)7-11/h5-7H,3-4,8H2,1-2H3,(H,17,19). The second kappa shape index (κ2) is 5.62. The molecule has 2 amide bonds. The third-order valence-electron chi connectivity index (χ3n) is 3.70. The molecule has 0 spiro atoms. The van der Waals surface area contributed by atoms with Crippen molar-refractivity contribution in [3.63, 3.8) is 0 Å². The van der Waals surface area contributed by atoms with E-state index in [1.807, 2.05) is 13.8 Å². The molecular formula is C14H16Cl2N2O2. The molecule has 4 nitrogen and oxygen atoms in total. The highest BCUT2D eigenvalue weighted by molar-refractivity contribution is 6.35. The molecule has 108 valence electrons. The zero-order valence-electron chi connectivity index (χ0n) is 11.4. The zero-order valence-corrected chi connectivity index (χ0v) is 12.9. The molecule has 0 radical (unpaired) electrons. The van der Waals surface area contributed by atoms with Crippen LogP contribution in [0.15, 0.2) is 18.2 Å². The molecule has 0 unspecified atom stereocenters. The highest BCUT2D eigenvalue weighted by atomic mass is 35.5. The Morgan fingerprint density at radius 3 is 2.20 bits per heavy atom. The molecule has 0 bridgehead atoms. The molecule has 1 fully saturated rings. The summed E-state index contributed by atoms with van der Waals surface area (Å²) < 4.78 is 0. The van der Waals surface area contributed by atoms with Crippen molar-refractivity contribution < 1.29 is 9.59 Å². The van der Waals surface area contributed by atoms with Gasteiger partial charge in [-0.15, -0.1) is 0 Å². The summed E-state index contributed by atoms with van der Waals surface area (Å²) >= 11 is 11.9. The molecule has 0 atom stereocenters. The van der Waals surface area contributed by atoms with E-state index in [0.717, 1.165) is 0 Å². The number of piperazine rings is 1. The Morgan fingerprint density at radius 2 is 1.70 bits per heavy atom. The molecule has 0 aliphatic carbocycles. The van der Waals surface area contributed by atoms with Crippen LogP contribution in [0.2, 0.25) is 10.0 Å². The highest BCUT2D eigenvalue weighted by Crippen LogP contribution is 2.30. The van der Waals surface area contributed by atoms with Gasteiger partial charge >= 0.3 is 0 Å². The lowest BCUT2D eigenvalue weighted by atomic mass is 9.88. The van der Waals surface area contributed by atoms with E-state index in [4.69, 9.17) is 23.2 Å². The minimum Gasteiger partial charge on any atom is -0.340 e. The van der Waals surface area contributed by atoms with Crippen LogP contribution in [0.5, 0.6) is 0 Å². The topological polar surface area (TPSA) is 49.4 Å². The van der Waals surface area contributed by atoms with Gasteiger partial charge in [0.15, 0.2) is 0 Å². The first-order valence-electron chi connectivity index (χ1n) is 6.51. The Kier molecular flexibility index (Phi) is 4.25. The lowest BCUT2D eigenvalue weighted by Crippen LogP contribution is -2.66. The van der Waals surface area contributed by atoms with Crippen LogP contribution in [0.25, 0.3) is 0 Å². The van der Waals surface area contributed by atoms with Crippen molar-refractivity contribution in [3.05, 3.63) is 28.2 Å². The minimum atomic E-state index is -0.843. The van der Waals surface area contributed by atoms with Gasteiger partial charge in [-0.3, -0.25) is 9.59 Å². The molecule has 6 heteroatoms. The Hall–Kier alpha value is -1.26. The van der Waals surface area contributed by atoms with Gasteiger partial charge in [0, 0.05) is 15.7 Å². The number of rotatable bonds is 3. The summed E-state index contributed by atoms with van der Waals surface area (Å²) in [5.41, 5.74) is -0.293. The largest absolute Gasteiger partial charge is 0.340 e. The Balaban J connectivity index is 2.44. The number of carbonyl (C=O) groups excluding carboxylic acids is 2. The summed E-state index contributed by atoms with van der Waals surface area (Å²) in [7, 11) is 0. The number of hydrogen-bond donors (Lipinski definition) is 1. The minimum absolute atomic E-state index is 0.0166. The van der Waals surface area contributed by atoms with Crippen molar-refractivity contribution in [2.75, 3.05) is 11.4 Å². The third-order valence-corrected chi connectivity index (χ3v) is 4.14. The van der Waals surface area contributed by atoms with Crippen LogP contribution in [0.3, 0.4) is 0 Å². The second-order valence-corrected chi connectivity index (χ2v) is 5.73. The van der Waals surface area contributed by atoms with Gasteiger partial charge in [-0.2, -0.15) is 0 Å². The molecule has 1 aromatic rings. The number of amides is 2. The Labute approximate surface area is 128 Å². The van der Waals surface area contributed by atoms with Gasteiger partial charge in [0.1, 0.15) is 12.1 Å². The third kappa shape index (κ3) is 2.63. The normalized spacial score (nSPS) is 18.1. The van der Waals surface area contributed by atoms with Crippen molar-refractivity contribution in [2.24, 2.45) is 0 Å². The second-order valence-electron chi connectivity index (χ2n) is 4.86. The summed E-state index contributed by atoms with van der Waals surface area (Å²) in [6, 6.07) is 4.87. The van der Waals surface area contributed by atoms with Crippen molar-refractivity contribution in [3.8, 4) is 0 Å². The molecule has 2 rings (SSSR count). The first-order valence-corrected chi connectivity index (χ1v) is 7.26. The van der Waals surface area contributed by atoms with E-state index in [9.17, 15) is 9.59 Å². The summed E-state index contributed by atoms with van der Waals surface area (Å²) in [6.07, 6.45) is 1.08. The summed E-state index contributed by atoms with van der Waals surface area (Å²) in [5, 5.41) is 3.68. The molecular weight excluding hydrogens is 299 g/mol. The van der Waals surface area contributed by atoms with E-state index in [2.05, 4.69) is 5.32 Å². The van der Waals surface area contributed by atoms with Gasteiger partial charge < -0.3 is 10.2 Å². The fourth-order valence-electron chi connectivity index (χ4n) is 2.47. The first-order chi connectivity index (χ1) is 9.41. The molecule has 20 heavy (non-hydrogen) atoms. The van der Waals surface area contributed by atoms with Crippen LogP contribution in [0, 0.1) is 0 Å². The molecule has 1 aliphatic heterocycles. The Morgan fingerprint density at radius 1 is 1.15 bits per heavy atom. The molecule has 1 aromatic carbocycles. The molecule has 1 heterocycles. The van der Waals surface area contributed by atoms with E-state index in [0.29, 0.717) is 28.6 Å². The van der Waals surface area contributed by atoms with Crippen LogP contribution >= 0.6 is 23.2 Å². The van der Waals surface area contributed by atoms with Crippen LogP contribution < -0.4 is 10.2 Å². The number of halogens is 2. The van der Waals surface area contributed by atoms with Gasteiger partial charge in [0.2, 0.25) is 5.91 Å². The van der Waals surface area contributed by atoms with Gasteiger partial charge in [0.05, 0.1) is 0 Å². The quantitative estimate of drug-likeness (QED) is 0.932. The average Bonchev–Trinajstić information content (AvgIpc) is 2.40. The van der Waals surface area contributed by atoms with E-state index < -0.39 is 5.54 Å². The number of carbonyl (C=O) groups is 2. The summed E-state index contributed by atoms with van der Waals surface area (Å²) in [6.45, 7) is 3.75. The van der Waals surface area contributed by atoms with Crippen LogP contribution in [-0.4, -0.2) is 23.9 Å². The molecule has 0 aromatic heterocycles. The predicted octanol–water partition coefficient (Wildman–Crippen LogP) is 3.02. The van der Waals surface area contributed by atoms with Crippen LogP contribution in [-0.2, 0) is 9.59 Å². The Bertz CT molecular complexity index is 536. The average molecular weight is 315 g/mol. The van der Waals surface area contributed by atoms with Gasteiger partial charge in [-0.25, -0.2) is 0 Å². The fraction of sp³-hybridized carbons (Fsp3) is 0.429. The first kappa shape index (κ1) is 15.1. The number of nitrogens with zero attached hydrogens (tertiary/aromatic N) is 1. The summed E-state index contributed by atoms with van der Waals surface area (Å²) in [4.78, 5) is 26.1. The van der Waals surface area contributed by atoms with E-state index in [-0.39, 0.29) is 18.4 Å². The van der Waals surface area contributed by atoms with Gasteiger partial charge in [-0.1, -0.05) is 37.0 Å². The number of nitrogens with one attached hydrogen (secondary N) is 1. The molecule has 1 aliphatic rings.